The van der Waals surface area contributed by atoms with Gasteiger partial charge in [0, 0.05) is 12.3 Å². The van der Waals surface area contributed by atoms with Crippen LogP contribution in [0.2, 0.25) is 0 Å². The first kappa shape index (κ1) is 5.55. The fraction of sp³-hybridized carbons (Fsp3) is 1.00. The number of ether oxygens (including phenoxy) is 2. The van der Waals surface area contributed by atoms with Crippen molar-refractivity contribution in [2.45, 2.75) is 37.1 Å². The molecule has 2 nitrogen and oxygen atoms in total. The minimum atomic E-state index is 0.330. The van der Waals surface area contributed by atoms with Gasteiger partial charge >= 0.3 is 0 Å². The molecule has 2 saturated carbocycles. The van der Waals surface area contributed by atoms with Crippen molar-refractivity contribution in [2.24, 2.45) is 11.8 Å². The molecule has 3 bridgehead atoms. The first-order valence-electron chi connectivity index (χ1n) is 4.67. The van der Waals surface area contributed by atoms with E-state index in [1.54, 1.807) is 0 Å². The number of hydrogen-bond acceptors (Lipinski definition) is 2. The molecule has 11 heavy (non-hydrogen) atoms. The zero-order valence-electron chi connectivity index (χ0n) is 6.45. The van der Waals surface area contributed by atoms with Crippen LogP contribution in [0.5, 0.6) is 0 Å². The molecular weight excluding hydrogens is 140 g/mol. The van der Waals surface area contributed by atoms with Gasteiger partial charge in [0.25, 0.3) is 0 Å². The second kappa shape index (κ2) is 1.38. The van der Waals surface area contributed by atoms with Crippen LogP contribution in [0.25, 0.3) is 0 Å². The third-order valence-electron chi connectivity index (χ3n) is 4.11. The molecule has 5 fully saturated rings. The lowest BCUT2D eigenvalue weighted by molar-refractivity contribution is -0.212. The van der Waals surface area contributed by atoms with Crippen molar-refractivity contribution in [3.05, 3.63) is 0 Å². The van der Waals surface area contributed by atoms with E-state index in [1.165, 1.54) is 19.3 Å². The monoisotopic (exact) mass is 152 g/mol. The Balaban J connectivity index is 1.73. The highest BCUT2D eigenvalue weighted by Gasteiger charge is 2.69. The summed E-state index contributed by atoms with van der Waals surface area (Å²) in [5.74, 6) is 1.68. The lowest BCUT2D eigenvalue weighted by atomic mass is 9.77. The summed E-state index contributed by atoms with van der Waals surface area (Å²) in [6, 6.07) is 0. The molecule has 3 heterocycles. The molecule has 2 aliphatic carbocycles. The highest BCUT2D eigenvalue weighted by Crippen LogP contribution is 2.65. The maximum absolute atomic E-state index is 5.87. The van der Waals surface area contributed by atoms with Gasteiger partial charge in [-0.3, -0.25) is 0 Å². The second-order valence-corrected chi connectivity index (χ2v) is 4.60. The Morgan fingerprint density at radius 3 is 2.45 bits per heavy atom. The highest BCUT2D eigenvalue weighted by atomic mass is 16.6. The molecule has 0 radical (unpaired) electrons. The van der Waals surface area contributed by atoms with Gasteiger partial charge in [-0.2, -0.15) is 0 Å². The van der Waals surface area contributed by atoms with Gasteiger partial charge < -0.3 is 9.47 Å². The Hall–Kier alpha value is -0.0800. The standard InChI is InChI=1S/C9H12O2/c1-5-2-9(3-7(5)11-9)6(1)8-4-10-8/h5-8H,1-4H2. The van der Waals surface area contributed by atoms with E-state index in [2.05, 4.69) is 0 Å². The van der Waals surface area contributed by atoms with Crippen molar-refractivity contribution < 1.29 is 9.47 Å². The van der Waals surface area contributed by atoms with Gasteiger partial charge in [0.05, 0.1) is 24.4 Å². The van der Waals surface area contributed by atoms with Gasteiger partial charge in [0.1, 0.15) is 0 Å². The third kappa shape index (κ3) is 0.482. The Morgan fingerprint density at radius 1 is 1.18 bits per heavy atom. The summed E-state index contributed by atoms with van der Waals surface area (Å²) < 4.78 is 11.2. The first-order chi connectivity index (χ1) is 5.37. The van der Waals surface area contributed by atoms with E-state index in [9.17, 15) is 0 Å². The van der Waals surface area contributed by atoms with Gasteiger partial charge in [0.15, 0.2) is 0 Å². The maximum atomic E-state index is 5.87. The van der Waals surface area contributed by atoms with Crippen LogP contribution in [0.1, 0.15) is 19.3 Å². The molecule has 2 heteroatoms. The molecule has 60 valence electrons. The van der Waals surface area contributed by atoms with E-state index in [-0.39, 0.29) is 0 Å². The highest BCUT2D eigenvalue weighted by molar-refractivity contribution is 5.18. The molecule has 3 aliphatic heterocycles. The molecule has 0 amide bonds. The fourth-order valence-corrected chi connectivity index (χ4v) is 3.55. The summed E-state index contributed by atoms with van der Waals surface area (Å²) in [6.45, 7) is 1.01. The average molecular weight is 152 g/mol. The average Bonchev–Trinajstić information content (AvgIpc) is 2.53. The summed E-state index contributed by atoms with van der Waals surface area (Å²) in [7, 11) is 0. The van der Waals surface area contributed by atoms with Crippen molar-refractivity contribution in [1.29, 1.82) is 0 Å². The Labute approximate surface area is 65.9 Å². The Bertz CT molecular complexity index is 216. The van der Waals surface area contributed by atoms with Crippen molar-refractivity contribution in [3.63, 3.8) is 0 Å². The normalized spacial score (nSPS) is 69.8. The van der Waals surface area contributed by atoms with Crippen LogP contribution in [-0.4, -0.2) is 24.4 Å². The minimum absolute atomic E-state index is 0.330. The molecule has 0 aromatic carbocycles. The number of hydrogen-bond donors (Lipinski definition) is 0. The molecular formula is C9H12O2. The largest absolute Gasteiger partial charge is 0.373 e. The lowest BCUT2D eigenvalue weighted by Crippen LogP contribution is -2.52. The van der Waals surface area contributed by atoms with Crippen LogP contribution in [-0.2, 0) is 9.47 Å². The van der Waals surface area contributed by atoms with E-state index >= 15 is 0 Å². The quantitative estimate of drug-likeness (QED) is 0.522. The minimum Gasteiger partial charge on any atom is -0.373 e. The van der Waals surface area contributed by atoms with Gasteiger partial charge in [-0.25, -0.2) is 0 Å². The SMILES string of the molecule is C1OC1C1CC2CC13CC2O3. The van der Waals surface area contributed by atoms with Crippen LogP contribution in [0.15, 0.2) is 0 Å². The van der Waals surface area contributed by atoms with Gasteiger partial charge in [-0.1, -0.05) is 0 Å². The molecule has 0 aromatic rings. The molecule has 3 saturated heterocycles. The van der Waals surface area contributed by atoms with Gasteiger partial charge in [-0.05, 0) is 18.8 Å². The summed E-state index contributed by atoms with van der Waals surface area (Å²) in [5, 5.41) is 0. The van der Waals surface area contributed by atoms with Crippen molar-refractivity contribution in [2.75, 3.05) is 6.61 Å². The fourth-order valence-electron chi connectivity index (χ4n) is 3.55. The van der Waals surface area contributed by atoms with E-state index in [0.29, 0.717) is 17.8 Å². The Morgan fingerprint density at radius 2 is 2.00 bits per heavy atom. The first-order valence-corrected chi connectivity index (χ1v) is 4.67. The van der Waals surface area contributed by atoms with E-state index in [1.807, 2.05) is 0 Å². The molecule has 5 rings (SSSR count). The predicted octanol–water partition coefficient (Wildman–Crippen LogP) is 0.953. The molecule has 5 atom stereocenters. The van der Waals surface area contributed by atoms with E-state index in [4.69, 9.17) is 9.47 Å². The van der Waals surface area contributed by atoms with Crippen molar-refractivity contribution >= 4 is 0 Å². The van der Waals surface area contributed by atoms with E-state index < -0.39 is 0 Å². The van der Waals surface area contributed by atoms with Crippen molar-refractivity contribution in [3.8, 4) is 0 Å². The third-order valence-corrected chi connectivity index (χ3v) is 4.11. The van der Waals surface area contributed by atoms with Crippen LogP contribution in [0.4, 0.5) is 0 Å². The summed E-state index contributed by atoms with van der Waals surface area (Å²) in [6.07, 6.45) is 5.34. The van der Waals surface area contributed by atoms with Crippen molar-refractivity contribution in [1.82, 2.24) is 0 Å². The van der Waals surface area contributed by atoms with Crippen LogP contribution < -0.4 is 0 Å². The van der Waals surface area contributed by atoms with Crippen LogP contribution in [0.3, 0.4) is 0 Å². The molecule has 0 N–H and O–H groups in total. The lowest BCUT2D eigenvalue weighted by Gasteiger charge is -2.47. The molecule has 5 unspecified atom stereocenters. The Kier molecular flexibility index (Phi) is 0.695. The second-order valence-electron chi connectivity index (χ2n) is 4.60. The predicted molar refractivity (Wildman–Crippen MR) is 38.2 cm³/mol. The zero-order valence-corrected chi connectivity index (χ0v) is 6.45. The topological polar surface area (TPSA) is 21.8 Å². The molecule has 5 aliphatic rings. The summed E-state index contributed by atoms with van der Waals surface area (Å²) >= 11 is 0. The maximum Gasteiger partial charge on any atom is 0.0865 e. The van der Waals surface area contributed by atoms with Gasteiger partial charge in [-0.15, -0.1) is 0 Å². The molecule has 1 spiro atoms. The molecule has 0 aromatic heterocycles. The van der Waals surface area contributed by atoms with E-state index in [0.717, 1.165) is 18.4 Å². The van der Waals surface area contributed by atoms with Gasteiger partial charge in [0.2, 0.25) is 0 Å². The number of epoxide rings is 1. The number of rotatable bonds is 1. The van der Waals surface area contributed by atoms with Crippen LogP contribution in [0, 0.1) is 11.8 Å². The summed E-state index contributed by atoms with van der Waals surface area (Å²) in [4.78, 5) is 0. The smallest absolute Gasteiger partial charge is 0.0865 e. The zero-order chi connectivity index (χ0) is 7.05. The van der Waals surface area contributed by atoms with Crippen LogP contribution >= 0.6 is 0 Å². The summed E-state index contributed by atoms with van der Waals surface area (Å²) in [5.41, 5.74) is 0.330.